The first kappa shape index (κ1) is 13.9. The summed E-state index contributed by atoms with van der Waals surface area (Å²) in [6.45, 7) is -0.327. The highest BCUT2D eigenvalue weighted by Gasteiger charge is 2.46. The number of halogens is 3. The van der Waals surface area contributed by atoms with Gasteiger partial charge in [-0.1, -0.05) is 6.07 Å². The maximum absolute atomic E-state index is 13.7. The Morgan fingerprint density at radius 1 is 1.32 bits per heavy atom. The fourth-order valence-electron chi connectivity index (χ4n) is 2.22. The lowest BCUT2D eigenvalue weighted by molar-refractivity contribution is -0.104. The van der Waals surface area contributed by atoms with Gasteiger partial charge in [0.1, 0.15) is 11.8 Å². The standard InChI is InChI=1S/C12H11F2NO3.ClH/c13-12(14)6-18-11(16)15-10(12)8-1-2-9-7(5-8)3-4-17-9;/h1-2,5,10H,3-4,6H2,(H,15,16);1H/t10-;/m0./s1. The first-order chi connectivity index (χ1) is 8.56. The monoisotopic (exact) mass is 291 g/mol. The third kappa shape index (κ3) is 2.45. The smallest absolute Gasteiger partial charge is 0.408 e. The quantitative estimate of drug-likeness (QED) is 0.864. The molecule has 1 amide bonds. The Morgan fingerprint density at radius 2 is 2.11 bits per heavy atom. The van der Waals surface area contributed by atoms with Gasteiger partial charge >= 0.3 is 12.0 Å². The van der Waals surface area contributed by atoms with E-state index >= 15 is 0 Å². The second kappa shape index (κ2) is 4.85. The van der Waals surface area contributed by atoms with Crippen LogP contribution in [0.25, 0.3) is 0 Å². The second-order valence-corrected chi connectivity index (χ2v) is 4.38. The first-order valence-electron chi connectivity index (χ1n) is 5.63. The molecule has 0 unspecified atom stereocenters. The van der Waals surface area contributed by atoms with Crippen molar-refractivity contribution in [2.75, 3.05) is 13.2 Å². The molecule has 0 aromatic heterocycles. The van der Waals surface area contributed by atoms with Crippen molar-refractivity contribution in [2.24, 2.45) is 0 Å². The molecule has 1 saturated heterocycles. The van der Waals surface area contributed by atoms with Crippen LogP contribution in [0.2, 0.25) is 0 Å². The van der Waals surface area contributed by atoms with Crippen LogP contribution in [0.5, 0.6) is 5.75 Å². The highest BCUT2D eigenvalue weighted by Crippen LogP contribution is 2.37. The van der Waals surface area contributed by atoms with Gasteiger partial charge in [0.25, 0.3) is 0 Å². The zero-order chi connectivity index (χ0) is 12.8. The molecule has 0 aliphatic carbocycles. The van der Waals surface area contributed by atoms with Gasteiger partial charge in [-0.15, -0.1) is 12.4 Å². The van der Waals surface area contributed by atoms with Gasteiger partial charge in [0.15, 0.2) is 6.61 Å². The van der Waals surface area contributed by atoms with Crippen LogP contribution in [0.15, 0.2) is 18.2 Å². The van der Waals surface area contributed by atoms with Gasteiger partial charge in [0.2, 0.25) is 0 Å². The lowest BCUT2D eigenvalue weighted by Crippen LogP contribution is -2.49. The van der Waals surface area contributed by atoms with Gasteiger partial charge in [0, 0.05) is 6.42 Å². The summed E-state index contributed by atoms with van der Waals surface area (Å²) in [5, 5.41) is 2.16. The number of alkyl halides is 2. The topological polar surface area (TPSA) is 47.6 Å². The third-order valence-electron chi connectivity index (χ3n) is 3.13. The minimum atomic E-state index is -3.11. The summed E-state index contributed by atoms with van der Waals surface area (Å²) in [5.41, 5.74) is 1.27. The third-order valence-corrected chi connectivity index (χ3v) is 3.13. The molecule has 2 aliphatic rings. The van der Waals surface area contributed by atoms with Crippen molar-refractivity contribution in [2.45, 2.75) is 18.4 Å². The Kier molecular flexibility index (Phi) is 3.54. The number of benzene rings is 1. The van der Waals surface area contributed by atoms with E-state index < -0.39 is 24.7 Å². The van der Waals surface area contributed by atoms with Gasteiger partial charge in [-0.3, -0.25) is 0 Å². The molecule has 4 nitrogen and oxygen atoms in total. The van der Waals surface area contributed by atoms with Crippen LogP contribution in [0.4, 0.5) is 13.6 Å². The summed E-state index contributed by atoms with van der Waals surface area (Å²) in [7, 11) is 0. The van der Waals surface area contributed by atoms with E-state index in [2.05, 4.69) is 10.1 Å². The number of alkyl carbamates (subject to hydrolysis) is 1. The lowest BCUT2D eigenvalue weighted by atomic mass is 9.97. The van der Waals surface area contributed by atoms with Crippen LogP contribution < -0.4 is 10.1 Å². The number of hydrogen-bond donors (Lipinski definition) is 1. The number of carbonyl (C=O) groups is 1. The van der Waals surface area contributed by atoms with Crippen LogP contribution in [0, 0.1) is 0 Å². The van der Waals surface area contributed by atoms with E-state index in [0.29, 0.717) is 18.6 Å². The Bertz CT molecular complexity index is 510. The molecule has 0 bridgehead atoms. The van der Waals surface area contributed by atoms with Crippen molar-refractivity contribution in [3.63, 3.8) is 0 Å². The highest BCUT2D eigenvalue weighted by atomic mass is 35.5. The molecule has 1 aromatic carbocycles. The fourth-order valence-corrected chi connectivity index (χ4v) is 2.22. The van der Waals surface area contributed by atoms with Gasteiger partial charge in [-0.25, -0.2) is 13.6 Å². The molecule has 19 heavy (non-hydrogen) atoms. The van der Waals surface area contributed by atoms with E-state index in [0.717, 1.165) is 11.3 Å². The van der Waals surface area contributed by atoms with E-state index in [4.69, 9.17) is 4.74 Å². The molecule has 0 spiro atoms. The lowest BCUT2D eigenvalue weighted by Gasteiger charge is -2.31. The Balaban J connectivity index is 0.00000133. The summed E-state index contributed by atoms with van der Waals surface area (Å²) in [5.74, 6) is -2.39. The minimum Gasteiger partial charge on any atom is -0.493 e. The summed E-state index contributed by atoms with van der Waals surface area (Å²) < 4.78 is 37.0. The number of fused-ring (bicyclic) bond motifs is 1. The zero-order valence-electron chi connectivity index (χ0n) is 9.82. The molecule has 7 heteroatoms. The Labute approximate surface area is 114 Å². The van der Waals surface area contributed by atoms with Crippen LogP contribution in [0.1, 0.15) is 17.2 Å². The Morgan fingerprint density at radius 3 is 2.89 bits per heavy atom. The van der Waals surface area contributed by atoms with E-state index in [1.54, 1.807) is 18.2 Å². The van der Waals surface area contributed by atoms with E-state index in [1.807, 2.05) is 0 Å². The molecule has 1 N–H and O–H groups in total. The van der Waals surface area contributed by atoms with Crippen LogP contribution >= 0.6 is 12.4 Å². The number of nitrogens with one attached hydrogen (secondary N) is 1. The van der Waals surface area contributed by atoms with Gasteiger partial charge in [0.05, 0.1) is 6.61 Å². The van der Waals surface area contributed by atoms with E-state index in [1.165, 1.54) is 0 Å². The molecule has 0 radical (unpaired) electrons. The molecule has 1 fully saturated rings. The zero-order valence-corrected chi connectivity index (χ0v) is 10.6. The number of hydrogen-bond acceptors (Lipinski definition) is 3. The van der Waals surface area contributed by atoms with Gasteiger partial charge in [-0.05, 0) is 23.3 Å². The van der Waals surface area contributed by atoms with E-state index in [9.17, 15) is 13.6 Å². The molecule has 104 valence electrons. The molecule has 2 heterocycles. The van der Waals surface area contributed by atoms with Crippen molar-refractivity contribution in [3.8, 4) is 5.75 Å². The predicted molar refractivity (Wildman–Crippen MR) is 65.1 cm³/mol. The van der Waals surface area contributed by atoms with Crippen molar-refractivity contribution in [1.29, 1.82) is 0 Å². The molecular formula is C12H12ClF2NO3. The van der Waals surface area contributed by atoms with Crippen LogP contribution in [0.3, 0.4) is 0 Å². The molecule has 0 saturated carbocycles. The second-order valence-electron chi connectivity index (χ2n) is 4.38. The van der Waals surface area contributed by atoms with Crippen molar-refractivity contribution >= 4 is 18.5 Å². The predicted octanol–water partition coefficient (Wildman–Crippen LogP) is 2.46. The number of cyclic esters (lactones) is 1. The summed E-state index contributed by atoms with van der Waals surface area (Å²) in [6, 6.07) is 3.53. The Hall–Kier alpha value is -1.56. The molecule has 2 aliphatic heterocycles. The van der Waals surface area contributed by atoms with Crippen LogP contribution in [-0.2, 0) is 11.2 Å². The summed E-state index contributed by atoms with van der Waals surface area (Å²) in [4.78, 5) is 11.1. The average Bonchev–Trinajstić information content (AvgIpc) is 2.79. The fraction of sp³-hybridized carbons (Fsp3) is 0.417. The highest BCUT2D eigenvalue weighted by molar-refractivity contribution is 5.85. The first-order valence-corrected chi connectivity index (χ1v) is 5.63. The van der Waals surface area contributed by atoms with Crippen LogP contribution in [-0.4, -0.2) is 25.2 Å². The van der Waals surface area contributed by atoms with E-state index in [-0.39, 0.29) is 12.4 Å². The summed E-state index contributed by atoms with van der Waals surface area (Å²) >= 11 is 0. The van der Waals surface area contributed by atoms with Gasteiger partial charge < -0.3 is 14.8 Å². The number of amides is 1. The minimum absolute atomic E-state index is 0. The summed E-state index contributed by atoms with van der Waals surface area (Å²) in [6.07, 6.45) is -0.117. The number of carbonyl (C=O) groups excluding carboxylic acids is 1. The van der Waals surface area contributed by atoms with Gasteiger partial charge in [-0.2, -0.15) is 0 Å². The normalized spacial score (nSPS) is 23.5. The van der Waals surface area contributed by atoms with Crippen molar-refractivity contribution < 1.29 is 23.0 Å². The molecule has 1 aromatic rings. The molecule has 3 rings (SSSR count). The maximum Gasteiger partial charge on any atom is 0.408 e. The largest absolute Gasteiger partial charge is 0.493 e. The number of rotatable bonds is 1. The average molecular weight is 292 g/mol. The van der Waals surface area contributed by atoms with Crippen molar-refractivity contribution in [1.82, 2.24) is 5.32 Å². The maximum atomic E-state index is 13.7. The number of ether oxygens (including phenoxy) is 2. The SMILES string of the molecule is Cl.O=C1N[C@@H](c2ccc3c(c2)CCO3)C(F)(F)CO1. The molecule has 1 atom stereocenters. The van der Waals surface area contributed by atoms with Crippen molar-refractivity contribution in [3.05, 3.63) is 29.3 Å². The molecular weight excluding hydrogens is 280 g/mol.